The average molecular weight is 328 g/mol. The maximum atomic E-state index is 12.1. The molecule has 0 saturated carbocycles. The van der Waals surface area contributed by atoms with Crippen molar-refractivity contribution in [3.8, 4) is 5.75 Å². The first kappa shape index (κ1) is 16.6. The van der Waals surface area contributed by atoms with E-state index in [1.165, 1.54) is 12.0 Å². The Balaban J connectivity index is 1.91. The van der Waals surface area contributed by atoms with Gasteiger partial charge in [-0.15, -0.1) is 0 Å². The Kier molecular flexibility index (Phi) is 5.26. The zero-order chi connectivity index (χ0) is 16.2. The summed E-state index contributed by atoms with van der Waals surface area (Å²) in [5, 5.41) is 9.95. The van der Waals surface area contributed by atoms with Crippen molar-refractivity contribution in [3.63, 3.8) is 0 Å². The largest absolute Gasteiger partial charge is 0.484 e. The second-order valence-corrected chi connectivity index (χ2v) is 5.76. The number of rotatable bonds is 6. The molecule has 1 aliphatic heterocycles. The highest BCUT2D eigenvalue weighted by Gasteiger charge is 2.46. The van der Waals surface area contributed by atoms with Crippen molar-refractivity contribution >= 4 is 23.5 Å². The number of amides is 1. The van der Waals surface area contributed by atoms with Gasteiger partial charge >= 0.3 is 5.97 Å². The van der Waals surface area contributed by atoms with Crippen molar-refractivity contribution < 1.29 is 24.2 Å². The average Bonchev–Trinajstić information content (AvgIpc) is 2.92. The SMILES string of the molecule is COC[C@]1(C(=O)O)CCN(C(=O)COc2ccc(Cl)cc2)C1. The van der Waals surface area contributed by atoms with Crippen LogP contribution in [-0.4, -0.2) is 55.3 Å². The maximum absolute atomic E-state index is 12.1. The number of carboxylic acids is 1. The van der Waals surface area contributed by atoms with Crippen molar-refractivity contribution in [1.29, 1.82) is 0 Å². The number of benzene rings is 1. The molecule has 0 aliphatic carbocycles. The number of nitrogens with zero attached hydrogens (tertiary/aromatic N) is 1. The molecule has 0 bridgehead atoms. The minimum Gasteiger partial charge on any atom is -0.484 e. The summed E-state index contributed by atoms with van der Waals surface area (Å²) in [5.74, 6) is -0.643. The van der Waals surface area contributed by atoms with E-state index in [2.05, 4.69) is 0 Å². The summed E-state index contributed by atoms with van der Waals surface area (Å²) >= 11 is 5.77. The lowest BCUT2D eigenvalue weighted by atomic mass is 9.88. The first-order valence-electron chi connectivity index (χ1n) is 6.85. The van der Waals surface area contributed by atoms with Crippen LogP contribution in [0.1, 0.15) is 6.42 Å². The van der Waals surface area contributed by atoms with E-state index < -0.39 is 11.4 Å². The quantitative estimate of drug-likeness (QED) is 0.860. The number of methoxy groups -OCH3 is 1. The van der Waals surface area contributed by atoms with E-state index in [1.807, 2.05) is 0 Å². The van der Waals surface area contributed by atoms with Crippen LogP contribution in [0.25, 0.3) is 0 Å². The van der Waals surface area contributed by atoms with Crippen molar-refractivity contribution in [3.05, 3.63) is 29.3 Å². The Labute approximate surface area is 133 Å². The molecule has 1 aliphatic rings. The van der Waals surface area contributed by atoms with Crippen LogP contribution >= 0.6 is 11.6 Å². The highest BCUT2D eigenvalue weighted by atomic mass is 35.5. The molecule has 6 nitrogen and oxygen atoms in total. The van der Waals surface area contributed by atoms with Crippen LogP contribution < -0.4 is 4.74 Å². The van der Waals surface area contributed by atoms with E-state index in [9.17, 15) is 14.7 Å². The summed E-state index contributed by atoms with van der Waals surface area (Å²) in [6.07, 6.45) is 0.378. The van der Waals surface area contributed by atoms with Gasteiger partial charge in [0.15, 0.2) is 6.61 Å². The van der Waals surface area contributed by atoms with Crippen molar-refractivity contribution in [1.82, 2.24) is 4.90 Å². The van der Waals surface area contributed by atoms with Gasteiger partial charge in [0.05, 0.1) is 6.61 Å². The molecule has 1 N–H and O–H groups in total. The molecular formula is C15H18ClNO5. The molecule has 120 valence electrons. The van der Waals surface area contributed by atoms with Gasteiger partial charge in [0.1, 0.15) is 11.2 Å². The van der Waals surface area contributed by atoms with E-state index in [1.54, 1.807) is 24.3 Å². The first-order valence-corrected chi connectivity index (χ1v) is 7.23. The number of hydrogen-bond acceptors (Lipinski definition) is 4. The van der Waals surface area contributed by atoms with Gasteiger partial charge in [-0.05, 0) is 30.7 Å². The van der Waals surface area contributed by atoms with Crippen LogP contribution in [0.3, 0.4) is 0 Å². The summed E-state index contributed by atoms with van der Waals surface area (Å²) in [5.41, 5.74) is -1.02. The normalized spacial score (nSPS) is 20.9. The van der Waals surface area contributed by atoms with E-state index in [4.69, 9.17) is 21.1 Å². The van der Waals surface area contributed by atoms with E-state index in [0.717, 1.165) is 0 Å². The molecule has 0 aromatic heterocycles. The number of hydrogen-bond donors (Lipinski definition) is 1. The zero-order valence-electron chi connectivity index (χ0n) is 12.3. The molecule has 1 amide bonds. The lowest BCUT2D eigenvalue weighted by Gasteiger charge is -2.23. The number of ether oxygens (including phenoxy) is 2. The fraction of sp³-hybridized carbons (Fsp3) is 0.467. The van der Waals surface area contributed by atoms with Gasteiger partial charge in [0, 0.05) is 25.2 Å². The Hall–Kier alpha value is -1.79. The Morgan fingerprint density at radius 1 is 1.36 bits per heavy atom. The van der Waals surface area contributed by atoms with Gasteiger partial charge in [0.2, 0.25) is 0 Å². The summed E-state index contributed by atoms with van der Waals surface area (Å²) < 4.78 is 10.4. The lowest BCUT2D eigenvalue weighted by Crippen LogP contribution is -2.41. The number of carbonyl (C=O) groups excluding carboxylic acids is 1. The molecule has 22 heavy (non-hydrogen) atoms. The molecule has 7 heteroatoms. The fourth-order valence-electron chi connectivity index (χ4n) is 2.48. The first-order chi connectivity index (χ1) is 10.5. The predicted molar refractivity (Wildman–Crippen MR) is 80.1 cm³/mol. The van der Waals surface area contributed by atoms with Crippen LogP contribution in [0.2, 0.25) is 5.02 Å². The molecule has 2 rings (SSSR count). The van der Waals surface area contributed by atoms with Crippen molar-refractivity contribution in [2.24, 2.45) is 5.41 Å². The van der Waals surface area contributed by atoms with Crippen molar-refractivity contribution in [2.75, 3.05) is 33.4 Å². The Bertz CT molecular complexity index is 547. The molecule has 1 aromatic rings. The molecule has 1 saturated heterocycles. The van der Waals surface area contributed by atoms with E-state index in [-0.39, 0.29) is 25.7 Å². The molecule has 1 fully saturated rings. The lowest BCUT2D eigenvalue weighted by molar-refractivity contribution is -0.151. The van der Waals surface area contributed by atoms with Gasteiger partial charge in [-0.1, -0.05) is 11.6 Å². The third-order valence-electron chi connectivity index (χ3n) is 3.76. The van der Waals surface area contributed by atoms with Gasteiger partial charge < -0.3 is 19.5 Å². The standard InChI is InChI=1S/C15H18ClNO5/c1-21-10-15(14(19)20)6-7-17(9-15)13(18)8-22-12-4-2-11(16)3-5-12/h2-5H,6-10H2,1H3,(H,19,20)/t15-/m0/s1. The molecule has 1 aromatic carbocycles. The van der Waals surface area contributed by atoms with Crippen LogP contribution in [-0.2, 0) is 14.3 Å². The van der Waals surface area contributed by atoms with Crippen LogP contribution in [0.5, 0.6) is 5.75 Å². The number of likely N-dealkylation sites (tertiary alicyclic amines) is 1. The third kappa shape index (κ3) is 3.69. The highest BCUT2D eigenvalue weighted by molar-refractivity contribution is 6.30. The van der Waals surface area contributed by atoms with E-state index in [0.29, 0.717) is 23.7 Å². The highest BCUT2D eigenvalue weighted by Crippen LogP contribution is 2.31. The monoisotopic (exact) mass is 327 g/mol. The number of halogens is 1. The van der Waals surface area contributed by atoms with Gasteiger partial charge in [0.25, 0.3) is 5.91 Å². The fourth-order valence-corrected chi connectivity index (χ4v) is 2.61. The molecule has 1 atom stereocenters. The summed E-state index contributed by atoms with van der Waals surface area (Å²) in [4.78, 5) is 25.1. The Morgan fingerprint density at radius 3 is 2.64 bits per heavy atom. The smallest absolute Gasteiger partial charge is 0.313 e. The van der Waals surface area contributed by atoms with Crippen LogP contribution in [0, 0.1) is 5.41 Å². The summed E-state index contributed by atoms with van der Waals surface area (Å²) in [6, 6.07) is 6.69. The van der Waals surface area contributed by atoms with Crippen LogP contribution in [0.4, 0.5) is 0 Å². The molecule has 0 unspecified atom stereocenters. The van der Waals surface area contributed by atoms with Gasteiger partial charge in [-0.3, -0.25) is 9.59 Å². The maximum Gasteiger partial charge on any atom is 0.313 e. The third-order valence-corrected chi connectivity index (χ3v) is 4.01. The van der Waals surface area contributed by atoms with Gasteiger partial charge in [-0.2, -0.15) is 0 Å². The second kappa shape index (κ2) is 6.98. The zero-order valence-corrected chi connectivity index (χ0v) is 13.0. The molecule has 0 radical (unpaired) electrons. The minimum absolute atomic E-state index is 0.0875. The Morgan fingerprint density at radius 2 is 2.05 bits per heavy atom. The molecule has 0 spiro atoms. The molecular weight excluding hydrogens is 310 g/mol. The predicted octanol–water partition coefficient (Wildman–Crippen LogP) is 1.67. The molecule has 1 heterocycles. The minimum atomic E-state index is -1.02. The van der Waals surface area contributed by atoms with Crippen molar-refractivity contribution in [2.45, 2.75) is 6.42 Å². The summed E-state index contributed by atoms with van der Waals surface area (Å²) in [7, 11) is 1.46. The topological polar surface area (TPSA) is 76.1 Å². The number of carbonyl (C=O) groups is 2. The van der Waals surface area contributed by atoms with Gasteiger partial charge in [-0.25, -0.2) is 0 Å². The number of carboxylic acid groups (broad SMARTS) is 1. The van der Waals surface area contributed by atoms with E-state index >= 15 is 0 Å². The summed E-state index contributed by atoms with van der Waals surface area (Å²) in [6.45, 7) is 0.478. The number of aliphatic carboxylic acids is 1. The van der Waals surface area contributed by atoms with Crippen LogP contribution in [0.15, 0.2) is 24.3 Å². The second-order valence-electron chi connectivity index (χ2n) is 5.33.